The topological polar surface area (TPSA) is 9.86 Å². The smallest absolute Gasteiger partial charge is 0.0734 e. The van der Waals surface area contributed by atoms with Gasteiger partial charge in [0.05, 0.1) is 27.5 Å². The van der Waals surface area contributed by atoms with E-state index in [2.05, 4.69) is 240 Å². The summed E-state index contributed by atoms with van der Waals surface area (Å²) in [6, 6.07) is 85.4. The van der Waals surface area contributed by atoms with Crippen LogP contribution in [0.1, 0.15) is 22.3 Å². The number of nitrogens with zero attached hydrogens (tertiary/aromatic N) is 2. The van der Waals surface area contributed by atoms with Gasteiger partial charge in [0.2, 0.25) is 0 Å². The van der Waals surface area contributed by atoms with Crippen molar-refractivity contribution in [3.05, 3.63) is 253 Å². The highest BCUT2D eigenvalue weighted by Gasteiger charge is 2.48. The Kier molecular flexibility index (Phi) is 7.26. The number of rotatable bonds is 5. The number of fused-ring (bicyclic) bond motifs is 11. The number of aromatic nitrogens is 2. The van der Waals surface area contributed by atoms with Gasteiger partial charge in [0.1, 0.15) is 0 Å². The van der Waals surface area contributed by atoms with Crippen molar-refractivity contribution in [2.24, 2.45) is 0 Å². The molecule has 0 unspecified atom stereocenters. The minimum absolute atomic E-state index is 0.540. The van der Waals surface area contributed by atoms with Crippen molar-refractivity contribution >= 4 is 54.4 Å². The van der Waals surface area contributed by atoms with E-state index in [0.717, 1.165) is 5.69 Å². The molecule has 0 amide bonds. The van der Waals surface area contributed by atoms with Crippen molar-refractivity contribution in [1.82, 2.24) is 9.13 Å². The number of benzene rings is 10. The zero-order chi connectivity index (χ0) is 40.1. The zero-order valence-electron chi connectivity index (χ0n) is 33.3. The predicted octanol–water partition coefficient (Wildman–Crippen LogP) is 15.1. The average molecular weight is 775 g/mol. The maximum atomic E-state index is 2.53. The molecule has 0 spiro atoms. The van der Waals surface area contributed by atoms with Gasteiger partial charge in [0.25, 0.3) is 0 Å². The van der Waals surface area contributed by atoms with E-state index in [1.807, 2.05) is 0 Å². The Labute approximate surface area is 353 Å². The van der Waals surface area contributed by atoms with Crippen molar-refractivity contribution < 1.29 is 0 Å². The molecule has 13 rings (SSSR count). The van der Waals surface area contributed by atoms with Crippen LogP contribution in [0.25, 0.3) is 88.0 Å². The molecule has 0 saturated heterocycles. The molecule has 2 aromatic heterocycles. The summed E-state index contributed by atoms with van der Waals surface area (Å²) >= 11 is 0. The lowest BCUT2D eigenvalue weighted by Crippen LogP contribution is -2.29. The van der Waals surface area contributed by atoms with E-state index >= 15 is 0 Å². The molecule has 2 heteroatoms. The predicted molar refractivity (Wildman–Crippen MR) is 255 cm³/mol. The van der Waals surface area contributed by atoms with Gasteiger partial charge in [-0.05, 0) is 104 Å². The standard InChI is InChI=1S/C59H38N2/c1-4-18-43(19-5-1)59(44-20-6-2-7-21-44)53-26-14-12-24-47(53)49-32-33-50-52-38-42(30-35-56(52)61(58(50)57(49)59)45-22-8-3-9-23-45)41-29-34-55-51(37-41)48-25-13-15-27-54(48)60(55)46-31-28-39-16-10-11-17-40(39)36-46/h1-38H. The molecule has 0 radical (unpaired) electrons. The van der Waals surface area contributed by atoms with Crippen molar-refractivity contribution in [2.45, 2.75) is 5.41 Å². The van der Waals surface area contributed by atoms with Crippen molar-refractivity contribution in [2.75, 3.05) is 0 Å². The fraction of sp³-hybridized carbons (Fsp3) is 0.0169. The lowest BCUT2D eigenvalue weighted by atomic mass is 9.67. The molecule has 0 saturated carbocycles. The van der Waals surface area contributed by atoms with Gasteiger partial charge >= 0.3 is 0 Å². The summed E-state index contributed by atoms with van der Waals surface area (Å²) in [5, 5.41) is 7.48. The maximum absolute atomic E-state index is 2.53. The highest BCUT2D eigenvalue weighted by atomic mass is 15.0. The molecule has 12 aromatic rings. The molecule has 10 aromatic carbocycles. The third-order valence-corrected chi connectivity index (χ3v) is 13.4. The molecule has 0 N–H and O–H groups in total. The Balaban J connectivity index is 1.09. The lowest BCUT2D eigenvalue weighted by molar-refractivity contribution is 0.772. The summed E-state index contributed by atoms with van der Waals surface area (Å²) in [7, 11) is 0. The summed E-state index contributed by atoms with van der Waals surface area (Å²) < 4.78 is 4.95. The first-order valence-electron chi connectivity index (χ1n) is 21.2. The molecular formula is C59H38N2. The van der Waals surface area contributed by atoms with Crippen LogP contribution in [0.5, 0.6) is 0 Å². The first kappa shape index (κ1) is 34.0. The maximum Gasteiger partial charge on any atom is 0.0734 e. The Morgan fingerprint density at radius 1 is 0.311 bits per heavy atom. The third-order valence-electron chi connectivity index (χ3n) is 13.4. The molecule has 0 atom stereocenters. The SMILES string of the molecule is c1ccc(-n2c3ccc(-c4ccc5c(c4)c4ccccc4n5-c4ccc5ccccc5c4)cc3c3ccc4c(c32)C(c2ccccc2)(c2ccccc2)c2ccccc2-4)cc1. The Morgan fingerprint density at radius 2 is 0.885 bits per heavy atom. The van der Waals surface area contributed by atoms with Gasteiger partial charge in [-0.3, -0.25) is 0 Å². The van der Waals surface area contributed by atoms with Crippen molar-refractivity contribution in [3.63, 3.8) is 0 Å². The summed E-state index contributed by atoms with van der Waals surface area (Å²) in [6.45, 7) is 0. The molecule has 2 nitrogen and oxygen atoms in total. The van der Waals surface area contributed by atoms with Gasteiger partial charge in [-0.2, -0.15) is 0 Å². The summed E-state index contributed by atoms with van der Waals surface area (Å²) in [4.78, 5) is 0. The van der Waals surface area contributed by atoms with Crippen LogP contribution >= 0.6 is 0 Å². The average Bonchev–Trinajstić information content (AvgIpc) is 3.96. The van der Waals surface area contributed by atoms with E-state index in [1.165, 1.54) is 105 Å². The third kappa shape index (κ3) is 4.79. The van der Waals surface area contributed by atoms with E-state index in [4.69, 9.17) is 0 Å². The summed E-state index contributed by atoms with van der Waals surface area (Å²) in [5.41, 5.74) is 16.8. The van der Waals surface area contributed by atoms with Gasteiger partial charge in [-0.1, -0.05) is 176 Å². The Hall–Kier alpha value is -7.94. The van der Waals surface area contributed by atoms with E-state index in [0.29, 0.717) is 0 Å². The molecular weight excluding hydrogens is 737 g/mol. The van der Waals surface area contributed by atoms with Crippen LogP contribution in [0, 0.1) is 0 Å². The molecule has 0 bridgehead atoms. The first-order valence-corrected chi connectivity index (χ1v) is 21.2. The normalized spacial score (nSPS) is 13.0. The largest absolute Gasteiger partial charge is 0.309 e. The van der Waals surface area contributed by atoms with Crippen LogP contribution in [0.2, 0.25) is 0 Å². The van der Waals surface area contributed by atoms with Crippen LogP contribution in [0.3, 0.4) is 0 Å². The number of para-hydroxylation sites is 2. The number of hydrogen-bond acceptors (Lipinski definition) is 0. The molecule has 1 aliphatic carbocycles. The lowest BCUT2D eigenvalue weighted by Gasteiger charge is -2.34. The molecule has 0 fully saturated rings. The van der Waals surface area contributed by atoms with Crippen molar-refractivity contribution in [1.29, 1.82) is 0 Å². The van der Waals surface area contributed by atoms with Gasteiger partial charge in [0, 0.05) is 38.5 Å². The summed E-state index contributed by atoms with van der Waals surface area (Å²) in [6.07, 6.45) is 0. The fourth-order valence-electron chi connectivity index (χ4n) is 10.8. The summed E-state index contributed by atoms with van der Waals surface area (Å²) in [5.74, 6) is 0. The Morgan fingerprint density at radius 3 is 1.62 bits per heavy atom. The molecule has 0 aliphatic heterocycles. The second kappa shape index (κ2) is 13.0. The van der Waals surface area contributed by atoms with Crippen LogP contribution in [0.15, 0.2) is 231 Å². The van der Waals surface area contributed by atoms with Gasteiger partial charge < -0.3 is 9.13 Å². The second-order valence-corrected chi connectivity index (χ2v) is 16.4. The zero-order valence-corrected chi connectivity index (χ0v) is 33.3. The van der Waals surface area contributed by atoms with Crippen LogP contribution < -0.4 is 0 Å². The van der Waals surface area contributed by atoms with Crippen LogP contribution in [-0.2, 0) is 5.41 Å². The first-order chi connectivity index (χ1) is 30.3. The van der Waals surface area contributed by atoms with E-state index in [9.17, 15) is 0 Å². The van der Waals surface area contributed by atoms with E-state index < -0.39 is 5.41 Å². The highest BCUT2D eigenvalue weighted by Crippen LogP contribution is 2.59. The number of hydrogen-bond donors (Lipinski definition) is 0. The molecule has 61 heavy (non-hydrogen) atoms. The molecule has 2 heterocycles. The van der Waals surface area contributed by atoms with E-state index in [1.54, 1.807) is 0 Å². The van der Waals surface area contributed by atoms with Crippen molar-refractivity contribution in [3.8, 4) is 33.6 Å². The monoisotopic (exact) mass is 774 g/mol. The quantitative estimate of drug-likeness (QED) is 0.165. The van der Waals surface area contributed by atoms with Gasteiger partial charge in [0.15, 0.2) is 0 Å². The molecule has 284 valence electrons. The van der Waals surface area contributed by atoms with Crippen LogP contribution in [0.4, 0.5) is 0 Å². The minimum Gasteiger partial charge on any atom is -0.309 e. The fourth-order valence-corrected chi connectivity index (χ4v) is 10.8. The van der Waals surface area contributed by atoms with Gasteiger partial charge in [-0.15, -0.1) is 0 Å². The minimum atomic E-state index is -0.540. The second-order valence-electron chi connectivity index (χ2n) is 16.4. The van der Waals surface area contributed by atoms with Crippen LogP contribution in [-0.4, -0.2) is 9.13 Å². The highest BCUT2D eigenvalue weighted by molar-refractivity contribution is 6.15. The van der Waals surface area contributed by atoms with Gasteiger partial charge in [-0.25, -0.2) is 0 Å². The Bertz CT molecular complexity index is 3650. The molecule has 1 aliphatic rings. The van der Waals surface area contributed by atoms with E-state index in [-0.39, 0.29) is 0 Å².